The predicted octanol–water partition coefficient (Wildman–Crippen LogP) is 2.21. The Bertz CT molecular complexity index is 363. The summed E-state index contributed by atoms with van der Waals surface area (Å²) in [6.07, 6.45) is 6.52. The Morgan fingerprint density at radius 2 is 2.47 bits per heavy atom. The van der Waals surface area contributed by atoms with Gasteiger partial charge in [-0.15, -0.1) is 17.8 Å². The minimum Gasteiger partial charge on any atom is -0.340 e. The van der Waals surface area contributed by atoms with Crippen LogP contribution in [0, 0.1) is 12.3 Å². The molecule has 15 heavy (non-hydrogen) atoms. The second kappa shape index (κ2) is 4.99. The van der Waals surface area contributed by atoms with Crippen molar-refractivity contribution in [3.05, 3.63) is 22.4 Å². The van der Waals surface area contributed by atoms with E-state index in [4.69, 9.17) is 6.42 Å². The molecule has 1 amide bonds. The van der Waals surface area contributed by atoms with Gasteiger partial charge < -0.3 is 5.32 Å². The predicted molar refractivity (Wildman–Crippen MR) is 63.7 cm³/mol. The monoisotopic (exact) mass is 221 g/mol. The number of terminal acetylenes is 1. The largest absolute Gasteiger partial charge is 0.340 e. The molecule has 0 aromatic carbocycles. The highest BCUT2D eigenvalue weighted by Crippen LogP contribution is 2.11. The van der Waals surface area contributed by atoms with Gasteiger partial charge >= 0.3 is 0 Å². The van der Waals surface area contributed by atoms with E-state index in [9.17, 15) is 4.79 Å². The number of carbonyl (C=O) groups is 1. The van der Waals surface area contributed by atoms with Crippen LogP contribution in [0.15, 0.2) is 17.5 Å². The third-order valence-corrected chi connectivity index (χ3v) is 3.23. The molecule has 80 valence electrons. The molecule has 0 aliphatic rings. The Morgan fingerprint density at radius 3 is 2.93 bits per heavy atom. The summed E-state index contributed by atoms with van der Waals surface area (Å²) in [5.41, 5.74) is -0.520. The Morgan fingerprint density at radius 1 is 1.73 bits per heavy atom. The van der Waals surface area contributed by atoms with Crippen LogP contribution >= 0.6 is 11.3 Å². The molecular weight excluding hydrogens is 206 g/mol. The van der Waals surface area contributed by atoms with Crippen molar-refractivity contribution in [2.24, 2.45) is 0 Å². The van der Waals surface area contributed by atoms with Gasteiger partial charge in [-0.25, -0.2) is 0 Å². The smallest absolute Gasteiger partial charge is 0.226 e. The Labute approximate surface area is 94.7 Å². The lowest BCUT2D eigenvalue weighted by Crippen LogP contribution is -2.44. The van der Waals surface area contributed by atoms with Gasteiger partial charge in [0.15, 0.2) is 0 Å². The molecule has 0 radical (unpaired) electrons. The Balaban J connectivity index is 2.53. The molecule has 0 saturated heterocycles. The highest BCUT2D eigenvalue weighted by molar-refractivity contribution is 7.10. The van der Waals surface area contributed by atoms with Gasteiger partial charge in [0.1, 0.15) is 0 Å². The Kier molecular flexibility index (Phi) is 3.93. The lowest BCUT2D eigenvalue weighted by atomic mass is 10.00. The van der Waals surface area contributed by atoms with Crippen LogP contribution in [-0.2, 0) is 11.2 Å². The molecule has 1 aromatic rings. The molecule has 1 atom stereocenters. The molecule has 0 spiro atoms. The van der Waals surface area contributed by atoms with Crippen molar-refractivity contribution >= 4 is 17.2 Å². The molecular formula is C12H15NOS. The molecule has 0 bridgehead atoms. The van der Waals surface area contributed by atoms with Gasteiger partial charge in [-0.1, -0.05) is 18.9 Å². The number of nitrogens with one attached hydrogen (secondary N) is 1. The van der Waals surface area contributed by atoms with Crippen LogP contribution in [0.2, 0.25) is 0 Å². The second-order valence-corrected chi connectivity index (χ2v) is 4.67. The third-order valence-electron chi connectivity index (χ3n) is 2.36. The van der Waals surface area contributed by atoms with Crippen LogP contribution in [0.25, 0.3) is 0 Å². The fraction of sp³-hybridized carbons (Fsp3) is 0.417. The molecule has 0 saturated carbocycles. The van der Waals surface area contributed by atoms with Crippen LogP contribution < -0.4 is 5.32 Å². The van der Waals surface area contributed by atoms with Gasteiger partial charge in [-0.3, -0.25) is 4.79 Å². The number of hydrogen-bond donors (Lipinski definition) is 1. The fourth-order valence-corrected chi connectivity index (χ4v) is 1.85. The van der Waals surface area contributed by atoms with Crippen molar-refractivity contribution < 1.29 is 4.79 Å². The van der Waals surface area contributed by atoms with Crippen molar-refractivity contribution in [1.29, 1.82) is 0 Å². The van der Waals surface area contributed by atoms with Crippen molar-refractivity contribution in [3.63, 3.8) is 0 Å². The zero-order valence-corrected chi connectivity index (χ0v) is 9.86. The number of amides is 1. The number of hydrogen-bond acceptors (Lipinski definition) is 2. The third kappa shape index (κ3) is 3.41. The Hall–Kier alpha value is -1.27. The molecule has 2 nitrogen and oxygen atoms in total. The summed E-state index contributed by atoms with van der Waals surface area (Å²) in [6.45, 7) is 3.82. The molecule has 1 heterocycles. The summed E-state index contributed by atoms with van der Waals surface area (Å²) in [7, 11) is 0. The molecule has 0 aliphatic heterocycles. The fourth-order valence-electron chi connectivity index (χ4n) is 1.15. The molecule has 1 aromatic heterocycles. The minimum atomic E-state index is -0.520. The normalized spacial score (nSPS) is 13.9. The van der Waals surface area contributed by atoms with Crippen molar-refractivity contribution in [2.75, 3.05) is 0 Å². The van der Waals surface area contributed by atoms with Gasteiger partial charge in [0.05, 0.1) is 12.0 Å². The maximum absolute atomic E-state index is 11.6. The molecule has 1 rings (SSSR count). The molecule has 1 N–H and O–H groups in total. The van der Waals surface area contributed by atoms with Gasteiger partial charge in [0.25, 0.3) is 0 Å². The number of carbonyl (C=O) groups excluding carboxylic acids is 1. The number of thiophene rings is 1. The van der Waals surface area contributed by atoms with E-state index in [1.54, 1.807) is 11.3 Å². The summed E-state index contributed by atoms with van der Waals surface area (Å²) in [4.78, 5) is 12.7. The number of rotatable bonds is 4. The first-order chi connectivity index (χ1) is 7.09. The summed E-state index contributed by atoms with van der Waals surface area (Å²) >= 11 is 1.58. The van der Waals surface area contributed by atoms with E-state index in [1.807, 2.05) is 31.4 Å². The molecule has 3 heteroatoms. The zero-order valence-electron chi connectivity index (χ0n) is 9.04. The van der Waals surface area contributed by atoms with Crippen molar-refractivity contribution in [2.45, 2.75) is 32.2 Å². The van der Waals surface area contributed by atoms with Crippen LogP contribution in [0.1, 0.15) is 25.1 Å². The second-order valence-electron chi connectivity index (χ2n) is 3.63. The lowest BCUT2D eigenvalue weighted by molar-refractivity contribution is -0.121. The molecule has 0 unspecified atom stereocenters. The van der Waals surface area contributed by atoms with Crippen LogP contribution in [0.3, 0.4) is 0 Å². The highest BCUT2D eigenvalue weighted by Gasteiger charge is 2.20. The van der Waals surface area contributed by atoms with Crippen LogP contribution in [-0.4, -0.2) is 11.4 Å². The van der Waals surface area contributed by atoms with Gasteiger partial charge in [0.2, 0.25) is 5.91 Å². The zero-order chi connectivity index (χ0) is 11.3. The van der Waals surface area contributed by atoms with E-state index in [0.717, 1.165) is 11.3 Å². The van der Waals surface area contributed by atoms with Crippen molar-refractivity contribution in [1.82, 2.24) is 5.32 Å². The summed E-state index contributed by atoms with van der Waals surface area (Å²) in [6, 6.07) is 3.89. The summed E-state index contributed by atoms with van der Waals surface area (Å²) < 4.78 is 0. The first-order valence-corrected chi connectivity index (χ1v) is 5.79. The quantitative estimate of drug-likeness (QED) is 0.776. The average molecular weight is 221 g/mol. The van der Waals surface area contributed by atoms with E-state index < -0.39 is 5.54 Å². The van der Waals surface area contributed by atoms with E-state index in [2.05, 4.69) is 11.2 Å². The summed E-state index contributed by atoms with van der Waals surface area (Å²) in [5.74, 6) is 2.60. The minimum absolute atomic E-state index is 0.0141. The van der Waals surface area contributed by atoms with E-state index in [-0.39, 0.29) is 5.91 Å². The SMILES string of the molecule is C#C[C@](C)(CC)NC(=O)Cc1cccs1. The average Bonchev–Trinajstić information content (AvgIpc) is 2.70. The van der Waals surface area contributed by atoms with E-state index in [1.165, 1.54) is 0 Å². The maximum Gasteiger partial charge on any atom is 0.226 e. The van der Waals surface area contributed by atoms with Gasteiger partial charge in [-0.2, -0.15) is 0 Å². The topological polar surface area (TPSA) is 29.1 Å². The maximum atomic E-state index is 11.6. The van der Waals surface area contributed by atoms with E-state index >= 15 is 0 Å². The lowest BCUT2D eigenvalue weighted by Gasteiger charge is -2.23. The highest BCUT2D eigenvalue weighted by atomic mass is 32.1. The van der Waals surface area contributed by atoms with Gasteiger partial charge in [-0.05, 0) is 24.8 Å². The molecule has 0 fully saturated rings. The van der Waals surface area contributed by atoms with Crippen LogP contribution in [0.5, 0.6) is 0 Å². The molecule has 0 aliphatic carbocycles. The van der Waals surface area contributed by atoms with E-state index in [0.29, 0.717) is 6.42 Å². The standard InChI is InChI=1S/C12H15NOS/c1-4-12(3,5-2)13-11(14)9-10-7-6-8-15-10/h1,6-8H,5,9H2,2-3H3,(H,13,14)/t12-/m1/s1. The van der Waals surface area contributed by atoms with Crippen molar-refractivity contribution in [3.8, 4) is 12.3 Å². The van der Waals surface area contributed by atoms with Gasteiger partial charge in [0, 0.05) is 4.88 Å². The van der Waals surface area contributed by atoms with Crippen LogP contribution in [0.4, 0.5) is 0 Å². The first-order valence-electron chi connectivity index (χ1n) is 4.91. The first kappa shape index (κ1) is 11.8. The summed E-state index contributed by atoms with van der Waals surface area (Å²) in [5, 5.41) is 4.82.